The Balaban J connectivity index is 2.41. The molecule has 0 amide bonds. The summed E-state index contributed by atoms with van der Waals surface area (Å²) in [5.74, 6) is 0.861. The SMILES string of the molecule is CC1(c2ncc(I)c(=O)[nH]2)CCCC1. The first-order chi connectivity index (χ1) is 6.62. The topological polar surface area (TPSA) is 45.8 Å². The van der Waals surface area contributed by atoms with Crippen LogP contribution >= 0.6 is 22.6 Å². The first kappa shape index (κ1) is 10.1. The fourth-order valence-electron chi connectivity index (χ4n) is 2.08. The van der Waals surface area contributed by atoms with Crippen molar-refractivity contribution >= 4 is 22.6 Å². The molecule has 0 bridgehead atoms. The first-order valence-electron chi connectivity index (χ1n) is 4.87. The Morgan fingerprint density at radius 3 is 2.71 bits per heavy atom. The average Bonchev–Trinajstić information content (AvgIpc) is 2.58. The van der Waals surface area contributed by atoms with E-state index in [0.717, 1.165) is 18.7 Å². The van der Waals surface area contributed by atoms with E-state index in [1.165, 1.54) is 12.8 Å². The molecule has 0 radical (unpaired) electrons. The lowest BCUT2D eigenvalue weighted by molar-refractivity contribution is 0.456. The minimum atomic E-state index is -0.0104. The number of aromatic amines is 1. The Hall–Kier alpha value is -0.390. The maximum absolute atomic E-state index is 11.4. The summed E-state index contributed by atoms with van der Waals surface area (Å²) < 4.78 is 0.660. The third-order valence-electron chi connectivity index (χ3n) is 3.03. The maximum Gasteiger partial charge on any atom is 0.264 e. The molecule has 0 saturated heterocycles. The number of hydrogen-bond acceptors (Lipinski definition) is 2. The van der Waals surface area contributed by atoms with E-state index in [1.807, 2.05) is 22.6 Å². The van der Waals surface area contributed by atoms with Gasteiger partial charge in [-0.1, -0.05) is 19.8 Å². The van der Waals surface area contributed by atoms with Crippen LogP contribution in [0.1, 0.15) is 38.4 Å². The number of nitrogens with one attached hydrogen (secondary N) is 1. The molecule has 0 spiro atoms. The molecule has 1 aliphatic rings. The number of rotatable bonds is 1. The van der Waals surface area contributed by atoms with Crippen LogP contribution in [0.25, 0.3) is 0 Å². The number of halogens is 1. The van der Waals surface area contributed by atoms with Crippen molar-refractivity contribution in [3.63, 3.8) is 0 Å². The Labute approximate surface area is 96.5 Å². The molecule has 1 N–H and O–H groups in total. The summed E-state index contributed by atoms with van der Waals surface area (Å²) in [5, 5.41) is 0. The van der Waals surface area contributed by atoms with Crippen LogP contribution in [0, 0.1) is 3.57 Å². The van der Waals surface area contributed by atoms with Gasteiger partial charge in [-0.25, -0.2) is 4.98 Å². The summed E-state index contributed by atoms with van der Waals surface area (Å²) in [5.41, 5.74) is 0.0903. The second-order valence-corrected chi connectivity index (χ2v) is 5.34. The molecule has 1 saturated carbocycles. The maximum atomic E-state index is 11.4. The minimum absolute atomic E-state index is 0.0104. The fraction of sp³-hybridized carbons (Fsp3) is 0.600. The van der Waals surface area contributed by atoms with Gasteiger partial charge in [0.25, 0.3) is 5.56 Å². The lowest BCUT2D eigenvalue weighted by Gasteiger charge is -2.21. The van der Waals surface area contributed by atoms with Gasteiger partial charge < -0.3 is 4.98 Å². The van der Waals surface area contributed by atoms with Crippen molar-refractivity contribution < 1.29 is 0 Å². The molecule has 0 unspecified atom stereocenters. The fourth-order valence-corrected chi connectivity index (χ4v) is 2.35. The van der Waals surface area contributed by atoms with Crippen LogP contribution in [0.5, 0.6) is 0 Å². The van der Waals surface area contributed by atoms with E-state index in [2.05, 4.69) is 16.9 Å². The van der Waals surface area contributed by atoms with E-state index in [0.29, 0.717) is 3.57 Å². The lowest BCUT2D eigenvalue weighted by Crippen LogP contribution is -2.25. The summed E-state index contributed by atoms with van der Waals surface area (Å²) in [6, 6.07) is 0. The van der Waals surface area contributed by atoms with E-state index in [4.69, 9.17) is 0 Å². The molecule has 0 atom stereocenters. The zero-order valence-electron chi connectivity index (χ0n) is 8.14. The molecular formula is C10H13IN2O. The van der Waals surface area contributed by atoms with Gasteiger partial charge >= 0.3 is 0 Å². The van der Waals surface area contributed by atoms with Gasteiger partial charge in [0, 0.05) is 11.6 Å². The average molecular weight is 304 g/mol. The third-order valence-corrected chi connectivity index (χ3v) is 3.80. The molecule has 4 heteroatoms. The molecule has 1 aliphatic carbocycles. The van der Waals surface area contributed by atoms with Gasteiger partial charge in [0.1, 0.15) is 5.82 Å². The highest BCUT2D eigenvalue weighted by atomic mass is 127. The lowest BCUT2D eigenvalue weighted by atomic mass is 9.88. The largest absolute Gasteiger partial charge is 0.309 e. The number of hydrogen-bond donors (Lipinski definition) is 1. The van der Waals surface area contributed by atoms with E-state index >= 15 is 0 Å². The molecule has 1 aromatic rings. The zero-order valence-corrected chi connectivity index (χ0v) is 10.3. The van der Waals surface area contributed by atoms with Gasteiger partial charge in [0.2, 0.25) is 0 Å². The van der Waals surface area contributed by atoms with Crippen molar-refractivity contribution in [2.24, 2.45) is 0 Å². The predicted octanol–water partition coefficient (Wildman–Crippen LogP) is 2.21. The van der Waals surface area contributed by atoms with Crippen LogP contribution in [0.4, 0.5) is 0 Å². The van der Waals surface area contributed by atoms with E-state index < -0.39 is 0 Å². The zero-order chi connectivity index (χ0) is 10.2. The monoisotopic (exact) mass is 304 g/mol. The van der Waals surface area contributed by atoms with Crippen molar-refractivity contribution in [1.82, 2.24) is 9.97 Å². The molecule has 1 fully saturated rings. The molecule has 1 heterocycles. The normalized spacial score (nSPS) is 19.9. The van der Waals surface area contributed by atoms with Gasteiger partial charge in [-0.2, -0.15) is 0 Å². The van der Waals surface area contributed by atoms with E-state index in [1.54, 1.807) is 6.20 Å². The van der Waals surface area contributed by atoms with Crippen LogP contribution in [0.3, 0.4) is 0 Å². The van der Waals surface area contributed by atoms with Crippen LogP contribution in [0.15, 0.2) is 11.0 Å². The van der Waals surface area contributed by atoms with Gasteiger partial charge in [0.05, 0.1) is 3.57 Å². The molecule has 2 rings (SSSR count). The van der Waals surface area contributed by atoms with Crippen molar-refractivity contribution in [2.45, 2.75) is 38.0 Å². The highest BCUT2D eigenvalue weighted by Gasteiger charge is 2.32. The molecule has 1 aromatic heterocycles. The smallest absolute Gasteiger partial charge is 0.264 e. The highest BCUT2D eigenvalue weighted by Crippen LogP contribution is 2.38. The summed E-state index contributed by atoms with van der Waals surface area (Å²) in [7, 11) is 0. The molecule has 14 heavy (non-hydrogen) atoms. The van der Waals surface area contributed by atoms with Crippen LogP contribution in [-0.2, 0) is 5.41 Å². The van der Waals surface area contributed by atoms with Gasteiger partial charge in [-0.3, -0.25) is 4.79 Å². The van der Waals surface area contributed by atoms with Crippen molar-refractivity contribution in [3.05, 3.63) is 25.9 Å². The quantitative estimate of drug-likeness (QED) is 0.809. The predicted molar refractivity (Wildman–Crippen MR) is 63.4 cm³/mol. The highest BCUT2D eigenvalue weighted by molar-refractivity contribution is 14.1. The van der Waals surface area contributed by atoms with E-state index in [9.17, 15) is 4.79 Å². The second kappa shape index (κ2) is 3.64. The standard InChI is InChI=1S/C10H13IN2O/c1-10(4-2-3-5-10)9-12-6-7(11)8(14)13-9/h6H,2-5H2,1H3,(H,12,13,14). The molecule has 0 aromatic carbocycles. The van der Waals surface area contributed by atoms with Crippen molar-refractivity contribution in [3.8, 4) is 0 Å². The summed E-state index contributed by atoms with van der Waals surface area (Å²) in [6.45, 7) is 2.19. The van der Waals surface area contributed by atoms with Gasteiger partial charge in [0.15, 0.2) is 0 Å². The number of aromatic nitrogens is 2. The van der Waals surface area contributed by atoms with Crippen molar-refractivity contribution in [1.29, 1.82) is 0 Å². The van der Waals surface area contributed by atoms with Crippen LogP contribution in [-0.4, -0.2) is 9.97 Å². The molecule has 3 nitrogen and oxygen atoms in total. The Morgan fingerprint density at radius 2 is 2.14 bits per heavy atom. The summed E-state index contributed by atoms with van der Waals surface area (Å²) in [4.78, 5) is 18.6. The number of nitrogens with zero attached hydrogens (tertiary/aromatic N) is 1. The Morgan fingerprint density at radius 1 is 1.50 bits per heavy atom. The molecule has 76 valence electrons. The summed E-state index contributed by atoms with van der Waals surface area (Å²) >= 11 is 2.00. The second-order valence-electron chi connectivity index (χ2n) is 4.18. The third kappa shape index (κ3) is 1.71. The molecular weight excluding hydrogens is 291 g/mol. The summed E-state index contributed by atoms with van der Waals surface area (Å²) in [6.07, 6.45) is 6.42. The van der Waals surface area contributed by atoms with Gasteiger partial charge in [-0.15, -0.1) is 0 Å². The Kier molecular flexibility index (Phi) is 2.64. The van der Waals surface area contributed by atoms with Gasteiger partial charge in [-0.05, 0) is 35.4 Å². The van der Waals surface area contributed by atoms with Crippen LogP contribution < -0.4 is 5.56 Å². The Bertz CT molecular complexity index is 393. The first-order valence-corrected chi connectivity index (χ1v) is 5.95. The molecule has 0 aliphatic heterocycles. The van der Waals surface area contributed by atoms with E-state index in [-0.39, 0.29) is 11.0 Å². The van der Waals surface area contributed by atoms with Crippen molar-refractivity contribution in [2.75, 3.05) is 0 Å². The minimum Gasteiger partial charge on any atom is -0.309 e. The van der Waals surface area contributed by atoms with Crippen LogP contribution in [0.2, 0.25) is 0 Å². The number of H-pyrrole nitrogens is 1.